The van der Waals surface area contributed by atoms with E-state index in [0.29, 0.717) is 11.5 Å². The van der Waals surface area contributed by atoms with Gasteiger partial charge in [-0.25, -0.2) is 0 Å². The Bertz CT molecular complexity index is 145. The van der Waals surface area contributed by atoms with E-state index in [-0.39, 0.29) is 6.61 Å². The second-order valence-corrected chi connectivity index (χ2v) is 4.97. The molecule has 1 fully saturated rings. The van der Waals surface area contributed by atoms with Gasteiger partial charge in [-0.2, -0.15) is 0 Å². The second-order valence-electron chi connectivity index (χ2n) is 4.97. The molecular weight excluding hydrogens is 162 g/mol. The molecule has 0 aromatic rings. The highest BCUT2D eigenvalue weighted by Crippen LogP contribution is 2.33. The van der Waals surface area contributed by atoms with Crippen molar-refractivity contribution in [3.05, 3.63) is 0 Å². The first kappa shape index (κ1) is 11.0. The van der Waals surface area contributed by atoms with Crippen molar-refractivity contribution in [3.63, 3.8) is 0 Å². The molecule has 0 aliphatic heterocycles. The first-order chi connectivity index (χ1) is 6.14. The molecule has 0 radical (unpaired) electrons. The van der Waals surface area contributed by atoms with E-state index in [2.05, 4.69) is 19.2 Å². The number of nitrogens with one attached hydrogen (secondary N) is 1. The maximum atomic E-state index is 8.71. The average Bonchev–Trinajstić information content (AvgIpc) is 2.23. The number of rotatable bonds is 3. The maximum absolute atomic E-state index is 8.71. The van der Waals surface area contributed by atoms with E-state index in [1.54, 1.807) is 0 Å². The highest BCUT2D eigenvalue weighted by molar-refractivity contribution is 4.79. The van der Waals surface area contributed by atoms with Gasteiger partial charge in [0.05, 0.1) is 6.61 Å². The summed E-state index contributed by atoms with van der Waals surface area (Å²) < 4.78 is 0. The summed E-state index contributed by atoms with van der Waals surface area (Å²) in [7, 11) is 0. The third-order valence-corrected chi connectivity index (χ3v) is 3.12. The minimum atomic E-state index is 0.264. The largest absolute Gasteiger partial charge is 0.395 e. The molecule has 1 rings (SSSR count). The van der Waals surface area contributed by atoms with E-state index in [1.807, 2.05) is 0 Å². The smallest absolute Gasteiger partial charge is 0.0556 e. The van der Waals surface area contributed by atoms with Gasteiger partial charge in [-0.05, 0) is 31.1 Å². The molecule has 0 aromatic carbocycles. The van der Waals surface area contributed by atoms with Crippen LogP contribution >= 0.6 is 0 Å². The fourth-order valence-electron chi connectivity index (χ4n) is 2.13. The van der Waals surface area contributed by atoms with Crippen molar-refractivity contribution >= 4 is 0 Å². The van der Waals surface area contributed by atoms with Crippen LogP contribution in [0.3, 0.4) is 0 Å². The van der Waals surface area contributed by atoms with Crippen LogP contribution < -0.4 is 5.32 Å². The monoisotopic (exact) mass is 185 g/mol. The fourth-order valence-corrected chi connectivity index (χ4v) is 2.13. The zero-order valence-corrected chi connectivity index (χ0v) is 8.97. The summed E-state index contributed by atoms with van der Waals surface area (Å²) in [5.74, 6) is 0. The van der Waals surface area contributed by atoms with Crippen molar-refractivity contribution in [2.24, 2.45) is 5.41 Å². The lowest BCUT2D eigenvalue weighted by Crippen LogP contribution is -2.31. The van der Waals surface area contributed by atoms with Gasteiger partial charge in [0.1, 0.15) is 0 Å². The molecule has 0 heterocycles. The van der Waals surface area contributed by atoms with E-state index in [4.69, 9.17) is 5.11 Å². The van der Waals surface area contributed by atoms with Crippen LogP contribution in [0.1, 0.15) is 46.0 Å². The van der Waals surface area contributed by atoms with Gasteiger partial charge in [0.15, 0.2) is 0 Å². The fraction of sp³-hybridized carbons (Fsp3) is 1.00. The molecule has 2 N–H and O–H groups in total. The summed E-state index contributed by atoms with van der Waals surface area (Å²) in [4.78, 5) is 0. The molecule has 0 amide bonds. The molecule has 1 aliphatic carbocycles. The highest BCUT2D eigenvalue weighted by atomic mass is 16.3. The predicted molar refractivity (Wildman–Crippen MR) is 55.7 cm³/mol. The zero-order chi connectivity index (χ0) is 9.73. The quantitative estimate of drug-likeness (QED) is 0.658. The van der Waals surface area contributed by atoms with Gasteiger partial charge in [0, 0.05) is 12.6 Å². The van der Waals surface area contributed by atoms with Crippen molar-refractivity contribution in [2.75, 3.05) is 13.2 Å². The van der Waals surface area contributed by atoms with E-state index in [0.717, 1.165) is 6.54 Å². The Hall–Kier alpha value is -0.0800. The molecular formula is C11H23NO. The van der Waals surface area contributed by atoms with Gasteiger partial charge in [-0.3, -0.25) is 0 Å². The minimum absolute atomic E-state index is 0.264. The van der Waals surface area contributed by atoms with Crippen molar-refractivity contribution in [1.82, 2.24) is 5.32 Å². The van der Waals surface area contributed by atoms with E-state index < -0.39 is 0 Å². The van der Waals surface area contributed by atoms with Gasteiger partial charge in [-0.15, -0.1) is 0 Å². The van der Waals surface area contributed by atoms with Crippen molar-refractivity contribution in [3.8, 4) is 0 Å². The van der Waals surface area contributed by atoms with E-state index in [1.165, 1.54) is 32.1 Å². The van der Waals surface area contributed by atoms with Crippen LogP contribution in [0.2, 0.25) is 0 Å². The van der Waals surface area contributed by atoms with Crippen LogP contribution in [0.5, 0.6) is 0 Å². The predicted octanol–water partition coefficient (Wildman–Crippen LogP) is 1.93. The standard InChI is InChI=1S/C11H23NO/c1-11(2)6-3-4-10(5-7-11)12-8-9-13/h10,12-13H,3-9H2,1-2H3. The summed E-state index contributed by atoms with van der Waals surface area (Å²) in [6.45, 7) is 5.74. The number of hydrogen-bond acceptors (Lipinski definition) is 2. The Kier molecular flexibility index (Phi) is 4.20. The topological polar surface area (TPSA) is 32.3 Å². The Balaban J connectivity index is 2.28. The molecule has 1 atom stereocenters. The molecule has 0 spiro atoms. The lowest BCUT2D eigenvalue weighted by Gasteiger charge is -2.22. The SMILES string of the molecule is CC1(C)CCCC(NCCO)CC1. The Morgan fingerprint density at radius 2 is 2.08 bits per heavy atom. The molecule has 2 nitrogen and oxygen atoms in total. The van der Waals surface area contributed by atoms with Crippen LogP contribution in [0.25, 0.3) is 0 Å². The highest BCUT2D eigenvalue weighted by Gasteiger charge is 2.23. The zero-order valence-electron chi connectivity index (χ0n) is 8.97. The maximum Gasteiger partial charge on any atom is 0.0556 e. The molecule has 78 valence electrons. The van der Waals surface area contributed by atoms with Gasteiger partial charge in [0.2, 0.25) is 0 Å². The number of hydrogen-bond donors (Lipinski definition) is 2. The average molecular weight is 185 g/mol. The summed E-state index contributed by atoms with van der Waals surface area (Å²) in [6.07, 6.45) is 6.55. The van der Waals surface area contributed by atoms with E-state index in [9.17, 15) is 0 Å². The van der Waals surface area contributed by atoms with Crippen molar-refractivity contribution in [2.45, 2.75) is 52.0 Å². The molecule has 2 heteroatoms. The van der Waals surface area contributed by atoms with Gasteiger partial charge >= 0.3 is 0 Å². The Labute approximate surface area is 81.7 Å². The molecule has 1 unspecified atom stereocenters. The molecule has 0 aromatic heterocycles. The first-order valence-electron chi connectivity index (χ1n) is 5.48. The van der Waals surface area contributed by atoms with Gasteiger partial charge in [0.25, 0.3) is 0 Å². The Morgan fingerprint density at radius 1 is 1.31 bits per heavy atom. The van der Waals surface area contributed by atoms with Crippen LogP contribution in [-0.2, 0) is 0 Å². The van der Waals surface area contributed by atoms with Crippen LogP contribution in [0.15, 0.2) is 0 Å². The lowest BCUT2D eigenvalue weighted by atomic mass is 9.85. The van der Waals surface area contributed by atoms with E-state index >= 15 is 0 Å². The molecule has 1 saturated carbocycles. The molecule has 0 bridgehead atoms. The molecule has 0 saturated heterocycles. The van der Waals surface area contributed by atoms with Gasteiger partial charge < -0.3 is 10.4 Å². The third-order valence-electron chi connectivity index (χ3n) is 3.12. The van der Waals surface area contributed by atoms with Crippen LogP contribution in [0.4, 0.5) is 0 Å². The van der Waals surface area contributed by atoms with Crippen molar-refractivity contribution in [1.29, 1.82) is 0 Å². The summed E-state index contributed by atoms with van der Waals surface area (Å²) in [6, 6.07) is 0.647. The summed E-state index contributed by atoms with van der Waals surface area (Å²) in [5.41, 5.74) is 0.537. The summed E-state index contributed by atoms with van der Waals surface area (Å²) in [5, 5.41) is 12.1. The van der Waals surface area contributed by atoms with Crippen LogP contribution in [0, 0.1) is 5.41 Å². The second kappa shape index (κ2) is 4.97. The Morgan fingerprint density at radius 3 is 2.77 bits per heavy atom. The summed E-state index contributed by atoms with van der Waals surface area (Å²) >= 11 is 0. The normalized spacial score (nSPS) is 28.4. The van der Waals surface area contributed by atoms with Gasteiger partial charge in [-0.1, -0.05) is 20.3 Å². The van der Waals surface area contributed by atoms with Crippen LogP contribution in [-0.4, -0.2) is 24.3 Å². The number of aliphatic hydroxyl groups is 1. The molecule has 1 aliphatic rings. The minimum Gasteiger partial charge on any atom is -0.395 e. The number of aliphatic hydroxyl groups excluding tert-OH is 1. The molecule has 13 heavy (non-hydrogen) atoms. The lowest BCUT2D eigenvalue weighted by molar-refractivity contribution is 0.276. The third kappa shape index (κ3) is 4.10. The first-order valence-corrected chi connectivity index (χ1v) is 5.48. The van der Waals surface area contributed by atoms with Crippen molar-refractivity contribution < 1.29 is 5.11 Å².